The molecule has 2 unspecified atom stereocenters. The summed E-state index contributed by atoms with van der Waals surface area (Å²) in [7, 11) is 0. The van der Waals surface area contributed by atoms with Crippen LogP contribution in [0.25, 0.3) is 11.3 Å². The Kier molecular flexibility index (Phi) is 5.23. The van der Waals surface area contributed by atoms with E-state index in [1.54, 1.807) is 0 Å². The van der Waals surface area contributed by atoms with Gasteiger partial charge in [0.2, 0.25) is 5.91 Å². The van der Waals surface area contributed by atoms with Crippen LogP contribution in [0.2, 0.25) is 0 Å². The summed E-state index contributed by atoms with van der Waals surface area (Å²) in [6.07, 6.45) is 4.53. The molecule has 26 heavy (non-hydrogen) atoms. The van der Waals surface area contributed by atoms with Crippen molar-refractivity contribution < 1.29 is 14.7 Å². The number of thiazole rings is 1. The number of hydrogen-bond donors (Lipinski definition) is 2. The van der Waals surface area contributed by atoms with Crippen molar-refractivity contribution in [1.29, 1.82) is 0 Å². The molecule has 6 heteroatoms. The Morgan fingerprint density at radius 2 is 1.81 bits per heavy atom. The summed E-state index contributed by atoms with van der Waals surface area (Å²) in [6, 6.07) is 6.19. The number of allylic oxidation sites excluding steroid dienone is 2. The van der Waals surface area contributed by atoms with E-state index in [2.05, 4.69) is 36.3 Å². The highest BCUT2D eigenvalue weighted by Gasteiger charge is 2.34. The predicted octanol–water partition coefficient (Wildman–Crippen LogP) is 4.34. The van der Waals surface area contributed by atoms with Gasteiger partial charge in [0.25, 0.3) is 0 Å². The lowest BCUT2D eigenvalue weighted by Crippen LogP contribution is -2.34. The molecule has 2 N–H and O–H groups in total. The molecule has 1 aromatic carbocycles. The van der Waals surface area contributed by atoms with E-state index in [0.717, 1.165) is 16.1 Å². The van der Waals surface area contributed by atoms with Crippen molar-refractivity contribution in [1.82, 2.24) is 4.98 Å². The maximum atomic E-state index is 12.6. The first-order chi connectivity index (χ1) is 12.4. The second-order valence-electron chi connectivity index (χ2n) is 6.71. The number of carboxylic acids is 1. The molecule has 0 spiro atoms. The average Bonchev–Trinajstić information content (AvgIpc) is 2.97. The van der Waals surface area contributed by atoms with E-state index in [0.29, 0.717) is 18.0 Å². The largest absolute Gasteiger partial charge is 0.481 e. The number of anilines is 1. The Labute approximate surface area is 156 Å². The summed E-state index contributed by atoms with van der Waals surface area (Å²) < 4.78 is 0. The van der Waals surface area contributed by atoms with E-state index < -0.39 is 17.8 Å². The summed E-state index contributed by atoms with van der Waals surface area (Å²) in [5.74, 6) is -2.45. The highest BCUT2D eigenvalue weighted by molar-refractivity contribution is 7.16. The molecule has 0 saturated carbocycles. The summed E-state index contributed by atoms with van der Waals surface area (Å²) in [5, 5.41) is 12.7. The maximum absolute atomic E-state index is 12.6. The number of amides is 1. The van der Waals surface area contributed by atoms with Gasteiger partial charge in [-0.15, -0.1) is 11.3 Å². The van der Waals surface area contributed by atoms with Crippen molar-refractivity contribution in [3.8, 4) is 11.3 Å². The van der Waals surface area contributed by atoms with Crippen molar-refractivity contribution in [2.45, 2.75) is 33.6 Å². The average molecular weight is 370 g/mol. The topological polar surface area (TPSA) is 79.3 Å². The quantitative estimate of drug-likeness (QED) is 0.785. The summed E-state index contributed by atoms with van der Waals surface area (Å²) in [4.78, 5) is 29.6. The van der Waals surface area contributed by atoms with Gasteiger partial charge in [-0.1, -0.05) is 24.3 Å². The van der Waals surface area contributed by atoms with Gasteiger partial charge in [-0.3, -0.25) is 9.59 Å². The lowest BCUT2D eigenvalue weighted by molar-refractivity contribution is -0.146. The Hall–Kier alpha value is -2.47. The fourth-order valence-electron chi connectivity index (χ4n) is 3.18. The number of aliphatic carboxylic acids is 1. The Balaban J connectivity index is 1.80. The molecular formula is C20H22N2O3S. The van der Waals surface area contributed by atoms with E-state index in [1.807, 2.05) is 25.1 Å². The number of aromatic nitrogens is 1. The van der Waals surface area contributed by atoms with Crippen LogP contribution < -0.4 is 5.32 Å². The molecule has 1 aromatic heterocycles. The number of carboxylic acid groups (broad SMARTS) is 1. The number of nitrogens with zero attached hydrogens (tertiary/aromatic N) is 1. The number of rotatable bonds is 4. The molecule has 0 fully saturated rings. The Bertz CT molecular complexity index is 885. The fourth-order valence-corrected chi connectivity index (χ4v) is 4.02. The molecule has 3 rings (SSSR count). The second kappa shape index (κ2) is 7.41. The van der Waals surface area contributed by atoms with E-state index in [1.165, 1.54) is 22.5 Å². The van der Waals surface area contributed by atoms with Crippen LogP contribution >= 0.6 is 11.3 Å². The molecule has 0 bridgehead atoms. The maximum Gasteiger partial charge on any atom is 0.307 e. The van der Waals surface area contributed by atoms with Crippen LogP contribution in [-0.2, 0) is 9.59 Å². The highest BCUT2D eigenvalue weighted by atomic mass is 32.1. The molecule has 0 aliphatic heterocycles. The van der Waals surface area contributed by atoms with E-state index in [4.69, 9.17) is 0 Å². The van der Waals surface area contributed by atoms with Crippen LogP contribution in [0.5, 0.6) is 0 Å². The van der Waals surface area contributed by atoms with Crippen molar-refractivity contribution in [3.63, 3.8) is 0 Å². The third-order valence-electron chi connectivity index (χ3n) is 4.89. The molecule has 136 valence electrons. The second-order valence-corrected chi connectivity index (χ2v) is 7.91. The van der Waals surface area contributed by atoms with Crippen LogP contribution in [0, 0.1) is 32.6 Å². The van der Waals surface area contributed by atoms with Crippen LogP contribution in [0.1, 0.15) is 28.8 Å². The normalized spacial score (nSPS) is 19.3. The molecular weight excluding hydrogens is 348 g/mol. The zero-order chi connectivity index (χ0) is 18.8. The molecule has 1 amide bonds. The van der Waals surface area contributed by atoms with Gasteiger partial charge in [0, 0.05) is 10.4 Å². The van der Waals surface area contributed by atoms with Gasteiger partial charge in [-0.2, -0.15) is 0 Å². The van der Waals surface area contributed by atoms with Gasteiger partial charge in [0.1, 0.15) is 0 Å². The summed E-state index contributed by atoms with van der Waals surface area (Å²) in [5.41, 5.74) is 4.29. The van der Waals surface area contributed by atoms with Crippen molar-refractivity contribution in [2.24, 2.45) is 11.8 Å². The Morgan fingerprint density at radius 1 is 1.12 bits per heavy atom. The third kappa shape index (κ3) is 3.70. The minimum absolute atomic E-state index is 0.276. The van der Waals surface area contributed by atoms with Crippen LogP contribution in [0.3, 0.4) is 0 Å². The van der Waals surface area contributed by atoms with Gasteiger partial charge in [0.05, 0.1) is 17.5 Å². The molecule has 5 nitrogen and oxygen atoms in total. The molecule has 1 aliphatic rings. The Morgan fingerprint density at radius 3 is 2.46 bits per heavy atom. The molecule has 0 radical (unpaired) electrons. The fraction of sp³-hybridized carbons (Fsp3) is 0.350. The first-order valence-electron chi connectivity index (χ1n) is 8.60. The van der Waals surface area contributed by atoms with Gasteiger partial charge in [-0.05, 0) is 50.8 Å². The number of nitrogens with one attached hydrogen (secondary N) is 1. The van der Waals surface area contributed by atoms with Crippen LogP contribution in [-0.4, -0.2) is 22.0 Å². The number of benzene rings is 1. The number of hydrogen-bond acceptors (Lipinski definition) is 4. The predicted molar refractivity (Wildman–Crippen MR) is 103 cm³/mol. The summed E-state index contributed by atoms with van der Waals surface area (Å²) >= 11 is 1.41. The lowest BCUT2D eigenvalue weighted by Gasteiger charge is -2.23. The molecule has 2 aromatic rings. The summed E-state index contributed by atoms with van der Waals surface area (Å²) in [6.45, 7) is 6.10. The first-order valence-corrected chi connectivity index (χ1v) is 9.42. The monoisotopic (exact) mass is 370 g/mol. The van der Waals surface area contributed by atoms with Crippen molar-refractivity contribution in [3.05, 3.63) is 46.4 Å². The van der Waals surface area contributed by atoms with Gasteiger partial charge in [0.15, 0.2) is 5.13 Å². The molecule has 1 heterocycles. The van der Waals surface area contributed by atoms with Gasteiger partial charge < -0.3 is 10.4 Å². The van der Waals surface area contributed by atoms with E-state index in [-0.39, 0.29) is 5.91 Å². The first kappa shape index (κ1) is 18.3. The van der Waals surface area contributed by atoms with Gasteiger partial charge in [-0.25, -0.2) is 4.98 Å². The SMILES string of the molecule is Cc1ccc(-c2nc(NC(=O)C3CC=CCC3C(=O)O)sc2C)cc1C. The highest BCUT2D eigenvalue weighted by Crippen LogP contribution is 2.33. The molecule has 1 aliphatic carbocycles. The zero-order valence-corrected chi connectivity index (χ0v) is 15.9. The van der Waals surface area contributed by atoms with Gasteiger partial charge >= 0.3 is 5.97 Å². The minimum Gasteiger partial charge on any atom is -0.481 e. The smallest absolute Gasteiger partial charge is 0.307 e. The van der Waals surface area contributed by atoms with Crippen molar-refractivity contribution in [2.75, 3.05) is 5.32 Å². The van der Waals surface area contributed by atoms with E-state index in [9.17, 15) is 14.7 Å². The third-order valence-corrected chi connectivity index (χ3v) is 5.78. The van der Waals surface area contributed by atoms with E-state index >= 15 is 0 Å². The van der Waals surface area contributed by atoms with Crippen LogP contribution in [0.15, 0.2) is 30.4 Å². The number of carbonyl (C=O) groups excluding carboxylic acids is 1. The standard InChI is InChI=1S/C20H22N2O3S/c1-11-8-9-14(10-12(11)2)17-13(3)26-20(21-17)22-18(23)15-6-4-5-7-16(15)19(24)25/h4-5,8-10,15-16H,6-7H2,1-3H3,(H,24,25)(H,21,22,23). The number of carbonyl (C=O) groups is 2. The lowest BCUT2D eigenvalue weighted by atomic mass is 9.82. The zero-order valence-electron chi connectivity index (χ0n) is 15.1. The van der Waals surface area contributed by atoms with Crippen molar-refractivity contribution >= 4 is 28.3 Å². The van der Waals surface area contributed by atoms with Crippen LogP contribution in [0.4, 0.5) is 5.13 Å². The molecule has 2 atom stereocenters. The minimum atomic E-state index is -0.930. The number of aryl methyl sites for hydroxylation is 3. The molecule has 0 saturated heterocycles.